The van der Waals surface area contributed by atoms with E-state index in [4.69, 9.17) is 11.5 Å². The number of fused-ring (bicyclic) bond motifs is 1. The number of hydrogen-bond donors (Lipinski definition) is 3. The average Bonchev–Trinajstić information content (AvgIpc) is 2.62. The molecule has 3 heteroatoms. The highest BCUT2D eigenvalue weighted by Gasteiger charge is 2.41. The summed E-state index contributed by atoms with van der Waals surface area (Å²) in [7, 11) is 0. The maximum absolute atomic E-state index is 6.14. The molecular weight excluding hydrogens is 162 g/mol. The van der Waals surface area contributed by atoms with Gasteiger partial charge in [0.2, 0.25) is 0 Å². The van der Waals surface area contributed by atoms with Gasteiger partial charge in [0.1, 0.15) is 0 Å². The summed E-state index contributed by atoms with van der Waals surface area (Å²) in [4.78, 5) is 0. The second kappa shape index (κ2) is 3.95. The molecular formula is C10H21N3. The molecule has 4 atom stereocenters. The van der Waals surface area contributed by atoms with Crippen LogP contribution in [0.4, 0.5) is 0 Å². The summed E-state index contributed by atoms with van der Waals surface area (Å²) in [5.74, 6) is 2.50. The van der Waals surface area contributed by atoms with Crippen LogP contribution in [-0.2, 0) is 0 Å². The SMILES string of the molecule is NCCC(N)C1CCC2CNCC21. The van der Waals surface area contributed by atoms with Gasteiger partial charge in [-0.05, 0) is 56.7 Å². The third-order valence-corrected chi connectivity index (χ3v) is 3.86. The van der Waals surface area contributed by atoms with Crippen molar-refractivity contribution in [3.05, 3.63) is 0 Å². The van der Waals surface area contributed by atoms with Crippen LogP contribution >= 0.6 is 0 Å². The summed E-state index contributed by atoms with van der Waals surface area (Å²) in [6.45, 7) is 3.15. The second-order valence-electron chi connectivity index (χ2n) is 4.56. The fourth-order valence-electron chi connectivity index (χ4n) is 3.13. The summed E-state index contributed by atoms with van der Waals surface area (Å²) in [6.07, 6.45) is 3.70. The zero-order valence-electron chi connectivity index (χ0n) is 8.21. The van der Waals surface area contributed by atoms with Crippen molar-refractivity contribution in [3.63, 3.8) is 0 Å². The minimum atomic E-state index is 0.347. The molecule has 2 fully saturated rings. The minimum Gasteiger partial charge on any atom is -0.330 e. The van der Waals surface area contributed by atoms with Crippen LogP contribution in [0.15, 0.2) is 0 Å². The first kappa shape index (κ1) is 9.44. The lowest BCUT2D eigenvalue weighted by molar-refractivity contribution is 0.309. The third kappa shape index (κ3) is 1.73. The molecule has 0 aromatic heterocycles. The average molecular weight is 183 g/mol. The van der Waals surface area contributed by atoms with Crippen LogP contribution in [0, 0.1) is 17.8 Å². The molecule has 1 heterocycles. The molecule has 0 amide bonds. The van der Waals surface area contributed by atoms with Crippen molar-refractivity contribution in [2.75, 3.05) is 19.6 Å². The Morgan fingerprint density at radius 3 is 2.92 bits per heavy atom. The van der Waals surface area contributed by atoms with Crippen molar-refractivity contribution in [3.8, 4) is 0 Å². The molecule has 1 aliphatic heterocycles. The molecule has 5 N–H and O–H groups in total. The summed E-state index contributed by atoms with van der Waals surface area (Å²) in [5, 5.41) is 3.46. The summed E-state index contributed by atoms with van der Waals surface area (Å²) in [6, 6.07) is 0.347. The van der Waals surface area contributed by atoms with Gasteiger partial charge in [0.25, 0.3) is 0 Å². The normalized spacial score (nSPS) is 40.6. The van der Waals surface area contributed by atoms with E-state index >= 15 is 0 Å². The van der Waals surface area contributed by atoms with E-state index in [0.29, 0.717) is 6.04 Å². The van der Waals surface area contributed by atoms with Crippen molar-refractivity contribution < 1.29 is 0 Å². The Hall–Kier alpha value is -0.120. The van der Waals surface area contributed by atoms with Crippen molar-refractivity contribution in [1.82, 2.24) is 5.32 Å². The first-order valence-corrected chi connectivity index (χ1v) is 5.49. The van der Waals surface area contributed by atoms with Crippen LogP contribution in [0.1, 0.15) is 19.3 Å². The van der Waals surface area contributed by atoms with Gasteiger partial charge in [0, 0.05) is 6.04 Å². The third-order valence-electron chi connectivity index (χ3n) is 3.86. The lowest BCUT2D eigenvalue weighted by Gasteiger charge is -2.24. The largest absolute Gasteiger partial charge is 0.330 e. The van der Waals surface area contributed by atoms with Crippen LogP contribution in [-0.4, -0.2) is 25.7 Å². The Labute approximate surface area is 80.2 Å². The van der Waals surface area contributed by atoms with Gasteiger partial charge in [-0.15, -0.1) is 0 Å². The number of rotatable bonds is 3. The molecule has 76 valence electrons. The van der Waals surface area contributed by atoms with Gasteiger partial charge in [0.15, 0.2) is 0 Å². The summed E-state index contributed by atoms with van der Waals surface area (Å²) >= 11 is 0. The highest BCUT2D eigenvalue weighted by molar-refractivity contribution is 4.95. The molecule has 1 aliphatic carbocycles. The van der Waals surface area contributed by atoms with Crippen molar-refractivity contribution in [1.29, 1.82) is 0 Å². The molecule has 0 aromatic carbocycles. The van der Waals surface area contributed by atoms with Crippen molar-refractivity contribution >= 4 is 0 Å². The second-order valence-corrected chi connectivity index (χ2v) is 4.56. The molecule has 0 spiro atoms. The van der Waals surface area contributed by atoms with Gasteiger partial charge < -0.3 is 16.8 Å². The number of nitrogens with one attached hydrogen (secondary N) is 1. The molecule has 1 saturated heterocycles. The van der Waals surface area contributed by atoms with Crippen LogP contribution in [0.2, 0.25) is 0 Å². The molecule has 0 bridgehead atoms. The smallest absolute Gasteiger partial charge is 0.00824 e. The van der Waals surface area contributed by atoms with Crippen molar-refractivity contribution in [2.24, 2.45) is 29.2 Å². The lowest BCUT2D eigenvalue weighted by Crippen LogP contribution is -2.36. The van der Waals surface area contributed by atoms with E-state index in [1.807, 2.05) is 0 Å². The molecule has 2 aliphatic rings. The first-order valence-electron chi connectivity index (χ1n) is 5.49. The predicted octanol–water partition coefficient (Wildman–Crippen LogP) is -0.0919. The number of nitrogens with two attached hydrogens (primary N) is 2. The first-order chi connectivity index (χ1) is 6.33. The zero-order chi connectivity index (χ0) is 9.26. The quantitative estimate of drug-likeness (QED) is 0.573. The fourth-order valence-corrected chi connectivity index (χ4v) is 3.13. The van der Waals surface area contributed by atoms with Gasteiger partial charge in [0.05, 0.1) is 0 Å². The van der Waals surface area contributed by atoms with E-state index in [1.54, 1.807) is 0 Å². The molecule has 0 radical (unpaired) electrons. The molecule has 3 nitrogen and oxygen atoms in total. The van der Waals surface area contributed by atoms with E-state index in [1.165, 1.54) is 25.9 Å². The monoisotopic (exact) mass is 183 g/mol. The van der Waals surface area contributed by atoms with Gasteiger partial charge in [-0.2, -0.15) is 0 Å². The van der Waals surface area contributed by atoms with E-state index in [0.717, 1.165) is 30.7 Å². The van der Waals surface area contributed by atoms with Crippen LogP contribution in [0.3, 0.4) is 0 Å². The maximum Gasteiger partial charge on any atom is 0.00824 e. The highest BCUT2D eigenvalue weighted by atomic mass is 14.9. The predicted molar refractivity (Wildman–Crippen MR) is 54.2 cm³/mol. The Bertz CT molecular complexity index is 172. The molecule has 2 rings (SSSR count). The maximum atomic E-state index is 6.14. The lowest BCUT2D eigenvalue weighted by atomic mass is 9.86. The van der Waals surface area contributed by atoms with Gasteiger partial charge >= 0.3 is 0 Å². The van der Waals surface area contributed by atoms with E-state index < -0.39 is 0 Å². The van der Waals surface area contributed by atoms with Crippen molar-refractivity contribution in [2.45, 2.75) is 25.3 Å². The Morgan fingerprint density at radius 2 is 2.15 bits per heavy atom. The summed E-state index contributed by atoms with van der Waals surface area (Å²) < 4.78 is 0. The Balaban J connectivity index is 1.92. The highest BCUT2D eigenvalue weighted by Crippen LogP contribution is 2.40. The van der Waals surface area contributed by atoms with E-state index in [9.17, 15) is 0 Å². The molecule has 1 saturated carbocycles. The fraction of sp³-hybridized carbons (Fsp3) is 1.00. The Kier molecular flexibility index (Phi) is 2.86. The standard InChI is InChI=1S/C10H21N3/c11-4-3-10(12)8-2-1-7-5-13-6-9(7)8/h7-10,13H,1-6,11-12H2. The zero-order valence-corrected chi connectivity index (χ0v) is 8.21. The number of hydrogen-bond acceptors (Lipinski definition) is 3. The minimum absolute atomic E-state index is 0.347. The van der Waals surface area contributed by atoms with Crippen LogP contribution in [0.25, 0.3) is 0 Å². The van der Waals surface area contributed by atoms with Gasteiger partial charge in [-0.25, -0.2) is 0 Å². The molecule has 0 aromatic rings. The van der Waals surface area contributed by atoms with Crippen LogP contribution < -0.4 is 16.8 Å². The van der Waals surface area contributed by atoms with Gasteiger partial charge in [-0.1, -0.05) is 0 Å². The Morgan fingerprint density at radius 1 is 1.31 bits per heavy atom. The van der Waals surface area contributed by atoms with E-state index in [-0.39, 0.29) is 0 Å². The topological polar surface area (TPSA) is 64.1 Å². The van der Waals surface area contributed by atoms with Gasteiger partial charge in [-0.3, -0.25) is 0 Å². The van der Waals surface area contributed by atoms with E-state index in [2.05, 4.69) is 5.32 Å². The van der Waals surface area contributed by atoms with Crippen LogP contribution in [0.5, 0.6) is 0 Å². The summed E-state index contributed by atoms with van der Waals surface area (Å²) in [5.41, 5.74) is 11.7. The molecule has 13 heavy (non-hydrogen) atoms. The molecule has 4 unspecified atom stereocenters.